The molecule has 3 rings (SSSR count). The molecule has 1 N–H and O–H groups in total. The Morgan fingerprint density at radius 1 is 1.05 bits per heavy atom. The van der Waals surface area contributed by atoms with Crippen molar-refractivity contribution in [3.63, 3.8) is 0 Å². The van der Waals surface area contributed by atoms with E-state index in [9.17, 15) is 9.90 Å². The molecule has 20 heavy (non-hydrogen) atoms. The van der Waals surface area contributed by atoms with Gasteiger partial charge in [0.1, 0.15) is 6.04 Å². The highest BCUT2D eigenvalue weighted by molar-refractivity contribution is 5.73. The lowest BCUT2D eigenvalue weighted by Gasteiger charge is -2.40. The molecule has 0 spiro atoms. The average Bonchev–Trinajstić information content (AvgIpc) is 2.98. The van der Waals surface area contributed by atoms with E-state index in [2.05, 4.69) is 35.2 Å². The number of hydrogen-bond donors (Lipinski definition) is 1. The zero-order valence-electron chi connectivity index (χ0n) is 11.9. The Bertz CT molecular complexity index is 459. The lowest BCUT2D eigenvalue weighted by atomic mass is 9.79. The van der Waals surface area contributed by atoms with Gasteiger partial charge >= 0.3 is 5.97 Å². The van der Waals surface area contributed by atoms with Gasteiger partial charge in [0, 0.05) is 6.04 Å². The largest absolute Gasteiger partial charge is 0.480 e. The molecule has 1 aliphatic carbocycles. The molecular weight excluding hydrogens is 250 g/mol. The Hall–Kier alpha value is -1.35. The molecule has 0 aromatic heterocycles. The predicted molar refractivity (Wildman–Crippen MR) is 78.8 cm³/mol. The van der Waals surface area contributed by atoms with Gasteiger partial charge in [-0.3, -0.25) is 9.69 Å². The molecule has 3 nitrogen and oxygen atoms in total. The maximum Gasteiger partial charge on any atom is 0.320 e. The molecule has 3 atom stereocenters. The van der Waals surface area contributed by atoms with Crippen molar-refractivity contribution < 1.29 is 9.90 Å². The van der Waals surface area contributed by atoms with Crippen molar-refractivity contribution in [2.75, 3.05) is 6.54 Å². The quantitative estimate of drug-likeness (QED) is 0.919. The number of carboxylic acid groups (broad SMARTS) is 1. The number of likely N-dealkylation sites (tertiary alicyclic amines) is 1. The Kier molecular flexibility index (Phi) is 4.06. The van der Waals surface area contributed by atoms with Crippen molar-refractivity contribution in [3.05, 3.63) is 35.9 Å². The predicted octanol–water partition coefficient (Wildman–Crippen LogP) is 3.26. The van der Waals surface area contributed by atoms with Crippen molar-refractivity contribution in [2.24, 2.45) is 0 Å². The van der Waals surface area contributed by atoms with E-state index >= 15 is 0 Å². The van der Waals surface area contributed by atoms with Crippen molar-refractivity contribution in [2.45, 2.75) is 56.5 Å². The fraction of sp³-hybridized carbons (Fsp3) is 0.588. The highest BCUT2D eigenvalue weighted by Crippen LogP contribution is 2.38. The van der Waals surface area contributed by atoms with Crippen molar-refractivity contribution in [1.29, 1.82) is 0 Å². The van der Waals surface area contributed by atoms with Gasteiger partial charge in [0.15, 0.2) is 0 Å². The summed E-state index contributed by atoms with van der Waals surface area (Å²) in [6, 6.07) is 10.8. The van der Waals surface area contributed by atoms with Crippen LogP contribution in [0.25, 0.3) is 0 Å². The molecular formula is C17H23NO2. The summed E-state index contributed by atoms with van der Waals surface area (Å²) in [4.78, 5) is 13.7. The highest BCUT2D eigenvalue weighted by atomic mass is 16.4. The molecule has 1 heterocycles. The van der Waals surface area contributed by atoms with Crippen LogP contribution in [0.3, 0.4) is 0 Å². The third-order valence-corrected chi connectivity index (χ3v) is 4.96. The standard InChI is InChI=1S/C17H23NO2/c19-17(20)16-11-6-12-18(16)15-10-5-4-9-14(15)13-7-2-1-3-8-13/h1-3,7-8,14-16H,4-6,9-12H2,(H,19,20). The van der Waals surface area contributed by atoms with Crippen LogP contribution >= 0.6 is 0 Å². The molecule has 3 unspecified atom stereocenters. The summed E-state index contributed by atoms with van der Waals surface area (Å²) >= 11 is 0. The topological polar surface area (TPSA) is 40.5 Å². The first-order valence-corrected chi connectivity index (χ1v) is 7.81. The van der Waals surface area contributed by atoms with Crippen LogP contribution in [0.1, 0.15) is 50.0 Å². The van der Waals surface area contributed by atoms with E-state index in [0.29, 0.717) is 12.0 Å². The van der Waals surface area contributed by atoms with Crippen molar-refractivity contribution in [3.8, 4) is 0 Å². The fourth-order valence-electron chi connectivity index (χ4n) is 4.05. The molecule has 1 aromatic rings. The van der Waals surface area contributed by atoms with Crippen LogP contribution in [-0.2, 0) is 4.79 Å². The molecule has 108 valence electrons. The van der Waals surface area contributed by atoms with E-state index < -0.39 is 5.97 Å². The number of hydrogen-bond acceptors (Lipinski definition) is 2. The van der Waals surface area contributed by atoms with Gasteiger partial charge in [0.05, 0.1) is 0 Å². The zero-order chi connectivity index (χ0) is 13.9. The average molecular weight is 273 g/mol. The molecule has 1 aliphatic heterocycles. The Morgan fingerprint density at radius 3 is 2.55 bits per heavy atom. The molecule has 3 heteroatoms. The van der Waals surface area contributed by atoms with E-state index in [4.69, 9.17) is 0 Å². The number of benzene rings is 1. The van der Waals surface area contributed by atoms with Crippen LogP contribution in [0.5, 0.6) is 0 Å². The summed E-state index contributed by atoms with van der Waals surface area (Å²) in [5.41, 5.74) is 1.38. The first-order chi connectivity index (χ1) is 9.77. The zero-order valence-corrected chi connectivity index (χ0v) is 11.9. The number of carbonyl (C=O) groups is 1. The van der Waals surface area contributed by atoms with Gasteiger partial charge < -0.3 is 5.11 Å². The highest BCUT2D eigenvalue weighted by Gasteiger charge is 2.39. The third-order valence-electron chi connectivity index (χ3n) is 4.96. The number of aliphatic carboxylic acids is 1. The van der Waals surface area contributed by atoms with E-state index in [1.54, 1.807) is 0 Å². The van der Waals surface area contributed by atoms with Crippen LogP contribution in [0.2, 0.25) is 0 Å². The monoisotopic (exact) mass is 273 g/mol. The van der Waals surface area contributed by atoms with Gasteiger partial charge in [-0.2, -0.15) is 0 Å². The molecule has 1 aromatic carbocycles. The Balaban J connectivity index is 1.84. The van der Waals surface area contributed by atoms with Crippen LogP contribution in [0.15, 0.2) is 30.3 Å². The number of nitrogens with zero attached hydrogens (tertiary/aromatic N) is 1. The second-order valence-electron chi connectivity index (χ2n) is 6.10. The van der Waals surface area contributed by atoms with Gasteiger partial charge in [0.25, 0.3) is 0 Å². The minimum absolute atomic E-state index is 0.260. The molecule has 1 saturated carbocycles. The van der Waals surface area contributed by atoms with Crippen LogP contribution < -0.4 is 0 Å². The minimum atomic E-state index is -0.639. The van der Waals surface area contributed by atoms with E-state index in [1.807, 2.05) is 0 Å². The molecule has 0 bridgehead atoms. The van der Waals surface area contributed by atoms with Gasteiger partial charge in [-0.15, -0.1) is 0 Å². The van der Waals surface area contributed by atoms with E-state index in [0.717, 1.165) is 25.8 Å². The second-order valence-corrected chi connectivity index (χ2v) is 6.10. The van der Waals surface area contributed by atoms with Crippen molar-refractivity contribution >= 4 is 5.97 Å². The van der Waals surface area contributed by atoms with Crippen LogP contribution in [0.4, 0.5) is 0 Å². The minimum Gasteiger partial charge on any atom is -0.480 e. The first kappa shape index (κ1) is 13.6. The van der Waals surface area contributed by atoms with Crippen molar-refractivity contribution in [1.82, 2.24) is 4.90 Å². The summed E-state index contributed by atoms with van der Waals surface area (Å²) in [6.45, 7) is 0.949. The normalized spacial score (nSPS) is 31.3. The van der Waals surface area contributed by atoms with Gasteiger partial charge in [-0.05, 0) is 43.7 Å². The van der Waals surface area contributed by atoms with E-state index in [-0.39, 0.29) is 6.04 Å². The Morgan fingerprint density at radius 2 is 1.80 bits per heavy atom. The van der Waals surface area contributed by atoms with E-state index in [1.165, 1.54) is 24.8 Å². The SMILES string of the molecule is O=C(O)C1CCCN1C1CCCCC1c1ccccc1. The maximum absolute atomic E-state index is 11.5. The lowest BCUT2D eigenvalue weighted by Crippen LogP contribution is -2.47. The molecule has 2 fully saturated rings. The van der Waals surface area contributed by atoms with Gasteiger partial charge in [0.2, 0.25) is 0 Å². The molecule has 1 saturated heterocycles. The first-order valence-electron chi connectivity index (χ1n) is 7.81. The second kappa shape index (κ2) is 5.96. The van der Waals surface area contributed by atoms with Gasteiger partial charge in [-0.25, -0.2) is 0 Å². The maximum atomic E-state index is 11.5. The summed E-state index contributed by atoms with van der Waals surface area (Å²) in [7, 11) is 0. The fourth-order valence-corrected chi connectivity index (χ4v) is 4.05. The van der Waals surface area contributed by atoms with Gasteiger partial charge in [-0.1, -0.05) is 43.2 Å². The molecule has 2 aliphatic rings. The summed E-state index contributed by atoms with van der Waals surface area (Å²) < 4.78 is 0. The smallest absolute Gasteiger partial charge is 0.320 e. The Labute approximate surface area is 120 Å². The number of carboxylic acids is 1. The van der Waals surface area contributed by atoms with Crippen LogP contribution in [-0.4, -0.2) is 34.6 Å². The van der Waals surface area contributed by atoms with Crippen LogP contribution in [0, 0.1) is 0 Å². The third kappa shape index (κ3) is 2.59. The molecule has 0 radical (unpaired) electrons. The lowest BCUT2D eigenvalue weighted by molar-refractivity contribution is -0.143. The molecule has 0 amide bonds. The summed E-state index contributed by atoms with van der Waals surface area (Å²) in [6.07, 6.45) is 6.67. The summed E-state index contributed by atoms with van der Waals surface area (Å²) in [5.74, 6) is -0.134. The summed E-state index contributed by atoms with van der Waals surface area (Å²) in [5, 5.41) is 9.43. The number of rotatable bonds is 3.